The molecule has 12 amide bonds. The Balaban J connectivity index is 1.77. The number of imidazole rings is 1. The number of benzene rings is 1. The van der Waals surface area contributed by atoms with E-state index < -0.39 is 193 Å². The van der Waals surface area contributed by atoms with E-state index in [9.17, 15) is 77.3 Å². The third kappa shape index (κ3) is 27.6. The van der Waals surface area contributed by atoms with Crippen LogP contribution in [0.1, 0.15) is 150 Å². The number of primary amides is 1. The van der Waals surface area contributed by atoms with E-state index in [1.165, 1.54) is 24.3 Å². The van der Waals surface area contributed by atoms with Crippen LogP contribution in [0.5, 0.6) is 0 Å². The van der Waals surface area contributed by atoms with Crippen LogP contribution in [0.4, 0.5) is 0 Å². The summed E-state index contributed by atoms with van der Waals surface area (Å²) in [7, 11) is 0. The second kappa shape index (κ2) is 42.1. The number of aliphatic carboxylic acids is 2. The third-order valence-corrected chi connectivity index (χ3v) is 18.7. The molecule has 1 aromatic carbocycles. The van der Waals surface area contributed by atoms with Gasteiger partial charge in [-0.1, -0.05) is 105 Å². The molecule has 2 aliphatic rings. The number of carbonyl (C=O) groups is 14. The van der Waals surface area contributed by atoms with Gasteiger partial charge in [0.05, 0.1) is 30.3 Å². The summed E-state index contributed by atoms with van der Waals surface area (Å²) in [5.74, 6) is -15.3. The highest BCUT2D eigenvalue weighted by Crippen LogP contribution is 2.25. The molecule has 0 radical (unpaired) electrons. The lowest BCUT2D eigenvalue weighted by Gasteiger charge is -2.30. The lowest BCUT2D eigenvalue weighted by atomic mass is 9.96. The van der Waals surface area contributed by atoms with E-state index in [1.807, 2.05) is 27.7 Å². The summed E-state index contributed by atoms with van der Waals surface area (Å²) < 4.78 is 0. The second-order valence-corrected chi connectivity index (χ2v) is 27.0. The average Bonchev–Trinajstić information content (AvgIpc) is 1.46. The molecule has 0 bridgehead atoms. The normalized spacial score (nSPS) is 22.5. The summed E-state index contributed by atoms with van der Waals surface area (Å²) in [5.41, 5.74) is 18.5. The van der Waals surface area contributed by atoms with Gasteiger partial charge >= 0.3 is 11.9 Å². The molecule has 0 spiro atoms. The first kappa shape index (κ1) is 83.4. The predicted molar refractivity (Wildman–Crippen MR) is 369 cm³/mol. The number of aromatic nitrogens is 2. The van der Waals surface area contributed by atoms with Crippen LogP contribution in [0.3, 0.4) is 0 Å². The summed E-state index contributed by atoms with van der Waals surface area (Å²) in [4.78, 5) is 206. The van der Waals surface area contributed by atoms with Gasteiger partial charge in [-0.25, -0.2) is 9.78 Å². The smallest absolute Gasteiger partial charge is 0.326 e. The summed E-state index contributed by atoms with van der Waals surface area (Å²) in [6.07, 6.45) is 0.684. The van der Waals surface area contributed by atoms with E-state index in [0.29, 0.717) is 22.7 Å². The molecule has 1 aromatic heterocycles. The summed E-state index contributed by atoms with van der Waals surface area (Å²) >= 11 is 1.35. The van der Waals surface area contributed by atoms with Crippen LogP contribution >= 0.6 is 11.8 Å². The van der Waals surface area contributed by atoms with Gasteiger partial charge in [-0.2, -0.15) is 0 Å². The number of aromatic amines is 1. The first-order chi connectivity index (χ1) is 47.4. The van der Waals surface area contributed by atoms with Crippen molar-refractivity contribution in [2.45, 2.75) is 224 Å². The minimum absolute atomic E-state index is 0.0260. The molecule has 33 nitrogen and oxygen atoms in total. The molecule has 0 aliphatic carbocycles. The molecule has 2 aromatic rings. The number of hydrogen-bond acceptors (Lipinski definition) is 19. The van der Waals surface area contributed by atoms with Crippen molar-refractivity contribution in [3.63, 3.8) is 0 Å². The number of carboxylic acid groups (broad SMARTS) is 2. The van der Waals surface area contributed by atoms with E-state index in [4.69, 9.17) is 17.2 Å². The predicted octanol–water partition coefficient (Wildman–Crippen LogP) is -1.68. The molecule has 554 valence electrons. The molecule has 20 N–H and O–H groups in total. The first-order valence-corrected chi connectivity index (χ1v) is 35.1. The highest BCUT2D eigenvalue weighted by atomic mass is 32.2. The van der Waals surface area contributed by atoms with Crippen molar-refractivity contribution in [2.24, 2.45) is 45.9 Å². The molecule has 1 fully saturated rings. The molecule has 2 aliphatic heterocycles. The molecule has 1 saturated heterocycles. The van der Waals surface area contributed by atoms with E-state index in [-0.39, 0.29) is 88.5 Å². The minimum atomic E-state index is -1.91. The van der Waals surface area contributed by atoms with Crippen molar-refractivity contribution in [3.8, 4) is 0 Å². The number of hydrogen-bond donors (Lipinski definition) is 17. The number of carbonyl (C=O) groups excluding carboxylic acids is 12. The van der Waals surface area contributed by atoms with Crippen LogP contribution in [0, 0.1) is 23.7 Å². The van der Waals surface area contributed by atoms with Gasteiger partial charge in [-0.3, -0.25) is 67.3 Å². The van der Waals surface area contributed by atoms with E-state index in [1.54, 1.807) is 58.0 Å². The zero-order valence-electron chi connectivity index (χ0n) is 58.2. The Morgan fingerprint density at radius 1 is 0.700 bits per heavy atom. The number of H-pyrrole nitrogens is 1. The molecular weight excluding hydrogens is 1320 g/mol. The fourth-order valence-electron chi connectivity index (χ4n) is 10.8. The Bertz CT molecular complexity index is 3160. The Morgan fingerprint density at radius 2 is 1.33 bits per heavy atom. The van der Waals surface area contributed by atoms with Gasteiger partial charge < -0.3 is 90.9 Å². The van der Waals surface area contributed by atoms with Gasteiger partial charge in [0.15, 0.2) is 0 Å². The number of carboxylic acids is 2. The van der Waals surface area contributed by atoms with Crippen LogP contribution in [-0.2, 0) is 80.0 Å². The molecular formula is C66H103N17O16S. The molecule has 4 rings (SSSR count). The second-order valence-electron chi connectivity index (χ2n) is 26.0. The highest BCUT2D eigenvalue weighted by Gasteiger charge is 2.40. The number of thioether (sulfide) groups is 1. The summed E-state index contributed by atoms with van der Waals surface area (Å²) in [5, 5.41) is 49.1. The van der Waals surface area contributed by atoms with Crippen molar-refractivity contribution in [1.29, 1.82) is 0 Å². The summed E-state index contributed by atoms with van der Waals surface area (Å²) in [6, 6.07) is -8.32. The Hall–Kier alpha value is -9.05. The van der Waals surface area contributed by atoms with E-state index in [2.05, 4.69) is 73.4 Å². The van der Waals surface area contributed by atoms with Crippen LogP contribution < -0.4 is 75.7 Å². The van der Waals surface area contributed by atoms with Gasteiger partial charge in [0.1, 0.15) is 66.5 Å². The number of aliphatic imine (C=N–C) groups is 1. The molecule has 34 heteroatoms. The number of nitrogens with one attached hydrogen (secondary N) is 12. The lowest BCUT2D eigenvalue weighted by molar-refractivity contribution is -0.144. The van der Waals surface area contributed by atoms with Gasteiger partial charge in [0.25, 0.3) is 0 Å². The van der Waals surface area contributed by atoms with E-state index >= 15 is 0 Å². The van der Waals surface area contributed by atoms with Crippen LogP contribution in [0.25, 0.3) is 0 Å². The van der Waals surface area contributed by atoms with Crippen LogP contribution in [-0.4, -0.2) is 199 Å². The molecule has 3 unspecified atom stereocenters. The number of nitrogens with two attached hydrogens (primary N) is 3. The van der Waals surface area contributed by atoms with Crippen LogP contribution in [0.15, 0.2) is 47.8 Å². The Kier molecular flexibility index (Phi) is 35.1. The number of amides is 12. The fourth-order valence-corrected chi connectivity index (χ4v) is 12.0. The Morgan fingerprint density at radius 3 is 1.94 bits per heavy atom. The quantitative estimate of drug-likeness (QED) is 0.0389. The molecule has 15 atom stereocenters. The third-order valence-electron chi connectivity index (χ3n) is 17.5. The lowest BCUT2D eigenvalue weighted by Crippen LogP contribution is -2.62. The molecule has 0 saturated carbocycles. The summed E-state index contributed by atoms with van der Waals surface area (Å²) in [6.45, 7) is 14.2. The maximum atomic E-state index is 14.9. The van der Waals surface area contributed by atoms with Gasteiger partial charge in [-0.05, 0) is 80.7 Å². The SMILES string of the molecule is CCC(C)C(N)C1=NC(C(=O)N[C@@H](CC(C)C)C(=O)N[C@@H](CCC(=O)O)C(=O)N[C@H](C(=O)N[C@H]2CCCCNC(=O)C[C@@H](C(=O)N[C@@H](CC(N)=O)C(=O)O)NC(=O)[C@H](Cc3cnc[nH]3)NC(=O)[C@H](Cc3ccccc3)NC(=O)[C@H]([C@@H](C)CC)NC(=O)[C@H](CCCN)NC2=O)[C@@H](C)CC)CS1. The van der Waals surface area contributed by atoms with E-state index in [0.717, 1.165) is 6.42 Å². The monoisotopic (exact) mass is 1420 g/mol. The zero-order valence-corrected chi connectivity index (χ0v) is 59.0. The van der Waals surface area contributed by atoms with Crippen LogP contribution in [0.2, 0.25) is 0 Å². The fraction of sp³-hybridized carbons (Fsp3) is 0.636. The van der Waals surface area contributed by atoms with Crippen molar-refractivity contribution in [2.75, 3.05) is 18.8 Å². The zero-order chi connectivity index (χ0) is 74.3. The Labute approximate surface area is 586 Å². The number of nitrogens with zero attached hydrogens (tertiary/aromatic N) is 2. The average molecular weight is 1420 g/mol. The first-order valence-electron chi connectivity index (χ1n) is 34.1. The topological polar surface area (TPSA) is 531 Å². The molecule has 100 heavy (non-hydrogen) atoms. The maximum absolute atomic E-state index is 14.9. The number of rotatable bonds is 32. The maximum Gasteiger partial charge on any atom is 0.326 e. The minimum Gasteiger partial charge on any atom is -0.481 e. The van der Waals surface area contributed by atoms with Crippen molar-refractivity contribution in [3.05, 3.63) is 54.1 Å². The van der Waals surface area contributed by atoms with Gasteiger partial charge in [0, 0.05) is 43.5 Å². The van der Waals surface area contributed by atoms with Crippen molar-refractivity contribution in [1.82, 2.24) is 68.5 Å². The van der Waals surface area contributed by atoms with Gasteiger partial charge in [-0.15, -0.1) is 11.8 Å². The van der Waals surface area contributed by atoms with Gasteiger partial charge in [0.2, 0.25) is 70.9 Å². The van der Waals surface area contributed by atoms with Crippen molar-refractivity contribution >= 4 is 99.6 Å². The molecule has 3 heterocycles. The largest absolute Gasteiger partial charge is 0.481 e. The standard InChI is InChI=1S/C66H103N17O16S/c1-9-35(6)52(69)65-81-48(32-100-65)62(95)76-43(26-34(4)5)58(91)74-42(22-23-51(86)87)57(90)83-53(36(7)10-2)63(96)75-40-20-15-16-25-71-50(85)30-46(61(94)80-47(66(98)99)29-49(68)84)78-60(93)45(28-39-31-70-33-72-39)77-59(92)44(27-38-18-13-12-14-19-38)79-64(97)54(37(8)11-3)82-56(89)41(21-17-24-67)73-55(40)88/h12-14,18-19,31,33-37,40-48,52-54H,9-11,15-17,20-30,32,67,69H2,1-8H3,(H2,68,84)(H,70,72)(H,71,85)(H,73,88)(H,74,91)(H,75,96)(H,76,95)(H,77,92)(H,78,93)(H,79,97)(H,80,94)(H,82,89)(H,83,90)(H,86,87)(H,98,99)/t35?,36-,37-,40-,41-,42-,43-,44-,45-,46-,47-,48?,52?,53-,54-/m0/s1. The van der Waals surface area contributed by atoms with Crippen molar-refractivity contribution < 1.29 is 77.3 Å². The highest BCUT2D eigenvalue weighted by molar-refractivity contribution is 8.14.